The van der Waals surface area contributed by atoms with E-state index in [2.05, 4.69) is 5.32 Å². The smallest absolute Gasteiger partial charge is 0.354 e. The van der Waals surface area contributed by atoms with E-state index in [0.29, 0.717) is 31.8 Å². The lowest BCUT2D eigenvalue weighted by atomic mass is 9.97. The molecule has 1 aliphatic carbocycles. The molecule has 0 radical (unpaired) electrons. The van der Waals surface area contributed by atoms with Gasteiger partial charge in [-0.25, -0.2) is 0 Å². The SMILES string of the molecule is Cl.NC(CNC(=O)C1CCCN(CC(F)(F)F)C1)C1CC1. The number of halogens is 4. The van der Waals surface area contributed by atoms with Crippen molar-refractivity contribution in [3.05, 3.63) is 0 Å². The van der Waals surface area contributed by atoms with E-state index in [4.69, 9.17) is 5.73 Å². The van der Waals surface area contributed by atoms with Gasteiger partial charge in [-0.3, -0.25) is 9.69 Å². The first kappa shape index (κ1) is 18.5. The third kappa shape index (κ3) is 6.40. The first-order valence-corrected chi connectivity index (χ1v) is 7.17. The number of nitrogens with two attached hydrogens (primary N) is 1. The zero-order chi connectivity index (χ0) is 14.8. The first-order chi connectivity index (χ1) is 9.35. The number of nitrogens with one attached hydrogen (secondary N) is 1. The molecule has 4 nitrogen and oxygen atoms in total. The zero-order valence-electron chi connectivity index (χ0n) is 11.9. The number of carbonyl (C=O) groups excluding carboxylic acids is 1. The Morgan fingerprint density at radius 1 is 1.33 bits per heavy atom. The number of amides is 1. The molecule has 2 rings (SSSR count). The van der Waals surface area contributed by atoms with Crippen LogP contribution in [0.2, 0.25) is 0 Å². The monoisotopic (exact) mass is 329 g/mol. The number of piperidine rings is 1. The Balaban J connectivity index is 0.00000220. The van der Waals surface area contributed by atoms with Gasteiger partial charge < -0.3 is 11.1 Å². The predicted molar refractivity (Wildman–Crippen MR) is 76.2 cm³/mol. The lowest BCUT2D eigenvalue weighted by molar-refractivity contribution is -0.152. The second kappa shape index (κ2) is 7.65. The van der Waals surface area contributed by atoms with Crippen molar-refractivity contribution in [2.75, 3.05) is 26.2 Å². The fourth-order valence-electron chi connectivity index (χ4n) is 2.72. The summed E-state index contributed by atoms with van der Waals surface area (Å²) in [4.78, 5) is 13.3. The van der Waals surface area contributed by atoms with E-state index in [-0.39, 0.29) is 36.8 Å². The van der Waals surface area contributed by atoms with Gasteiger partial charge in [0.15, 0.2) is 0 Å². The molecule has 0 bridgehead atoms. The molecular formula is C13H23ClF3N3O. The van der Waals surface area contributed by atoms with Crippen molar-refractivity contribution in [3.63, 3.8) is 0 Å². The van der Waals surface area contributed by atoms with Crippen molar-refractivity contribution in [2.45, 2.75) is 37.9 Å². The number of carbonyl (C=O) groups is 1. The molecule has 1 saturated heterocycles. The lowest BCUT2D eigenvalue weighted by Crippen LogP contribution is -2.48. The normalized spacial score (nSPS) is 25.0. The number of alkyl halides is 3. The standard InChI is InChI=1S/C13H22F3N3O.ClH/c14-13(15,16)8-19-5-1-2-10(7-19)12(20)18-6-11(17)9-3-4-9;/h9-11H,1-8,17H2,(H,18,20);1H. The fourth-order valence-corrected chi connectivity index (χ4v) is 2.72. The van der Waals surface area contributed by atoms with E-state index in [0.717, 1.165) is 12.8 Å². The molecule has 1 saturated carbocycles. The molecule has 0 aromatic heterocycles. The van der Waals surface area contributed by atoms with Crippen molar-refractivity contribution in [2.24, 2.45) is 17.6 Å². The van der Waals surface area contributed by atoms with Gasteiger partial charge in [-0.15, -0.1) is 12.4 Å². The Labute approximate surface area is 129 Å². The zero-order valence-corrected chi connectivity index (χ0v) is 12.7. The minimum Gasteiger partial charge on any atom is -0.354 e. The summed E-state index contributed by atoms with van der Waals surface area (Å²) in [5.74, 6) is -0.00568. The summed E-state index contributed by atoms with van der Waals surface area (Å²) < 4.78 is 37.1. The first-order valence-electron chi connectivity index (χ1n) is 7.17. The van der Waals surface area contributed by atoms with Crippen LogP contribution in [0.25, 0.3) is 0 Å². The summed E-state index contributed by atoms with van der Waals surface area (Å²) in [5, 5.41) is 2.79. The summed E-state index contributed by atoms with van der Waals surface area (Å²) in [6.07, 6.45) is -0.700. The van der Waals surface area contributed by atoms with E-state index >= 15 is 0 Å². The number of hydrogen-bond donors (Lipinski definition) is 2. The third-order valence-electron chi connectivity index (χ3n) is 4.02. The van der Waals surface area contributed by atoms with Gasteiger partial charge in [0, 0.05) is 19.1 Å². The second-order valence-electron chi connectivity index (χ2n) is 5.94. The van der Waals surface area contributed by atoms with Crippen LogP contribution in [0.5, 0.6) is 0 Å². The van der Waals surface area contributed by atoms with Gasteiger partial charge in [-0.1, -0.05) is 0 Å². The highest BCUT2D eigenvalue weighted by Gasteiger charge is 2.35. The summed E-state index contributed by atoms with van der Waals surface area (Å²) >= 11 is 0. The van der Waals surface area contributed by atoms with Crippen molar-refractivity contribution >= 4 is 18.3 Å². The number of rotatable bonds is 5. The van der Waals surface area contributed by atoms with Crippen molar-refractivity contribution in [1.82, 2.24) is 10.2 Å². The van der Waals surface area contributed by atoms with Crippen LogP contribution in [0, 0.1) is 11.8 Å². The van der Waals surface area contributed by atoms with Gasteiger partial charge in [-0.05, 0) is 38.1 Å². The van der Waals surface area contributed by atoms with Crippen molar-refractivity contribution < 1.29 is 18.0 Å². The maximum Gasteiger partial charge on any atom is 0.401 e. The van der Waals surface area contributed by atoms with Crippen LogP contribution >= 0.6 is 12.4 Å². The summed E-state index contributed by atoms with van der Waals surface area (Å²) in [6, 6.07) is -0.0196. The Bertz CT molecular complexity index is 350. The lowest BCUT2D eigenvalue weighted by Gasteiger charge is -2.32. The van der Waals surface area contributed by atoms with E-state index < -0.39 is 12.7 Å². The Morgan fingerprint density at radius 2 is 2.00 bits per heavy atom. The average Bonchev–Trinajstić information content (AvgIpc) is 3.18. The highest BCUT2D eigenvalue weighted by Crippen LogP contribution is 2.31. The van der Waals surface area contributed by atoms with Crippen LogP contribution in [-0.2, 0) is 4.79 Å². The van der Waals surface area contributed by atoms with Crippen LogP contribution in [0.1, 0.15) is 25.7 Å². The van der Waals surface area contributed by atoms with Gasteiger partial charge in [0.25, 0.3) is 0 Å². The van der Waals surface area contributed by atoms with Crippen molar-refractivity contribution in [3.8, 4) is 0 Å². The Morgan fingerprint density at radius 3 is 2.57 bits per heavy atom. The average molecular weight is 330 g/mol. The highest BCUT2D eigenvalue weighted by atomic mass is 35.5. The summed E-state index contributed by atoms with van der Waals surface area (Å²) in [6.45, 7) is 0.0898. The molecule has 124 valence electrons. The molecule has 3 N–H and O–H groups in total. The number of likely N-dealkylation sites (tertiary alicyclic amines) is 1. The van der Waals surface area contributed by atoms with Gasteiger partial charge in [0.1, 0.15) is 0 Å². The molecule has 0 aromatic carbocycles. The van der Waals surface area contributed by atoms with E-state index in [1.54, 1.807) is 0 Å². The molecule has 2 fully saturated rings. The van der Waals surface area contributed by atoms with Crippen LogP contribution in [0.4, 0.5) is 13.2 Å². The predicted octanol–water partition coefficient (Wildman–Crippen LogP) is 1.54. The van der Waals surface area contributed by atoms with Gasteiger partial charge in [-0.2, -0.15) is 13.2 Å². The van der Waals surface area contributed by atoms with E-state index in [9.17, 15) is 18.0 Å². The molecule has 1 aliphatic heterocycles. The van der Waals surface area contributed by atoms with Crippen LogP contribution in [-0.4, -0.2) is 49.2 Å². The van der Waals surface area contributed by atoms with Crippen LogP contribution in [0.3, 0.4) is 0 Å². The van der Waals surface area contributed by atoms with Gasteiger partial charge in [0.05, 0.1) is 12.5 Å². The minimum absolute atomic E-state index is 0. The van der Waals surface area contributed by atoms with Gasteiger partial charge in [0.2, 0.25) is 5.91 Å². The third-order valence-corrected chi connectivity index (χ3v) is 4.02. The fraction of sp³-hybridized carbons (Fsp3) is 0.923. The minimum atomic E-state index is -4.20. The summed E-state index contributed by atoms with van der Waals surface area (Å²) in [5.41, 5.74) is 5.89. The molecule has 2 aliphatic rings. The van der Waals surface area contributed by atoms with Gasteiger partial charge >= 0.3 is 6.18 Å². The van der Waals surface area contributed by atoms with Crippen LogP contribution in [0.15, 0.2) is 0 Å². The molecular weight excluding hydrogens is 307 g/mol. The molecule has 8 heteroatoms. The molecule has 0 aromatic rings. The topological polar surface area (TPSA) is 58.4 Å². The van der Waals surface area contributed by atoms with Crippen molar-refractivity contribution in [1.29, 1.82) is 0 Å². The quantitative estimate of drug-likeness (QED) is 0.804. The number of nitrogens with zero attached hydrogens (tertiary/aromatic N) is 1. The Kier molecular flexibility index (Phi) is 6.74. The molecule has 2 unspecified atom stereocenters. The summed E-state index contributed by atoms with van der Waals surface area (Å²) in [7, 11) is 0. The Hall–Kier alpha value is -0.530. The van der Waals surface area contributed by atoms with E-state index in [1.807, 2.05) is 0 Å². The van der Waals surface area contributed by atoms with E-state index in [1.165, 1.54) is 4.90 Å². The molecule has 2 atom stereocenters. The maximum absolute atomic E-state index is 12.4. The second-order valence-corrected chi connectivity index (χ2v) is 5.94. The largest absolute Gasteiger partial charge is 0.401 e. The highest BCUT2D eigenvalue weighted by molar-refractivity contribution is 5.85. The molecule has 0 spiro atoms. The molecule has 1 heterocycles. The maximum atomic E-state index is 12.4. The molecule has 21 heavy (non-hydrogen) atoms. The van der Waals surface area contributed by atoms with Crippen LogP contribution < -0.4 is 11.1 Å². The molecule has 1 amide bonds. The number of hydrogen-bond acceptors (Lipinski definition) is 3.